The smallest absolute Gasteiger partial charge is 0.337 e. The molecule has 2 atom stereocenters. The van der Waals surface area contributed by atoms with Crippen molar-refractivity contribution >= 4 is 17.8 Å². The molecular weight excluding hydrogens is 550 g/mol. The number of methoxy groups -OCH3 is 2. The molecular formula is C34H41NO8. The minimum atomic E-state index is -0.538. The van der Waals surface area contributed by atoms with Crippen LogP contribution < -0.4 is 14.8 Å². The molecule has 1 N–H and O–H groups in total. The van der Waals surface area contributed by atoms with Crippen molar-refractivity contribution in [3.63, 3.8) is 0 Å². The van der Waals surface area contributed by atoms with Gasteiger partial charge in [0.2, 0.25) is 0 Å². The summed E-state index contributed by atoms with van der Waals surface area (Å²) in [6, 6.07) is 16.5. The zero-order chi connectivity index (χ0) is 30.6. The maximum atomic E-state index is 13.3. The van der Waals surface area contributed by atoms with Crippen LogP contribution in [0.3, 0.4) is 0 Å². The van der Waals surface area contributed by atoms with Gasteiger partial charge in [0.1, 0.15) is 23.0 Å². The molecule has 0 aliphatic heterocycles. The Kier molecular flexibility index (Phi) is 11.6. The van der Waals surface area contributed by atoms with Crippen molar-refractivity contribution < 1.29 is 37.7 Å². The van der Waals surface area contributed by atoms with Gasteiger partial charge in [0.05, 0.1) is 44.5 Å². The minimum absolute atomic E-state index is 0.174. The number of ether oxygens (including phenoxy) is 4. The summed E-state index contributed by atoms with van der Waals surface area (Å²) in [5.41, 5.74) is 1.67. The number of amides is 1. The van der Waals surface area contributed by atoms with E-state index in [-0.39, 0.29) is 35.0 Å². The monoisotopic (exact) mass is 591 g/mol. The number of hydrogen-bond acceptors (Lipinski definition) is 8. The van der Waals surface area contributed by atoms with Gasteiger partial charge in [0.15, 0.2) is 0 Å². The van der Waals surface area contributed by atoms with E-state index in [1.54, 1.807) is 12.1 Å². The maximum absolute atomic E-state index is 13.3. The van der Waals surface area contributed by atoms with E-state index in [9.17, 15) is 14.4 Å². The molecule has 0 spiro atoms. The summed E-state index contributed by atoms with van der Waals surface area (Å²) in [7, 11) is 2.67. The SMILES string of the molecule is COC(=O)c1ccc(OCCCc2ccc(OCCCc3ccc(C)o3)cc2)c(C(=O)NC2CCCC(C(=O)OC)C2)c1. The van der Waals surface area contributed by atoms with Crippen molar-refractivity contribution in [3.05, 3.63) is 82.8 Å². The highest BCUT2D eigenvalue weighted by Gasteiger charge is 2.29. The number of carbonyl (C=O) groups excluding carboxylic acids is 3. The lowest BCUT2D eigenvalue weighted by Gasteiger charge is -2.28. The van der Waals surface area contributed by atoms with Crippen LogP contribution in [0.1, 0.15) is 76.3 Å². The van der Waals surface area contributed by atoms with Gasteiger partial charge in [-0.3, -0.25) is 9.59 Å². The van der Waals surface area contributed by atoms with Gasteiger partial charge >= 0.3 is 11.9 Å². The highest BCUT2D eigenvalue weighted by atomic mass is 16.5. The number of hydrogen-bond donors (Lipinski definition) is 1. The Bertz CT molecular complexity index is 1360. The number of nitrogens with one attached hydrogen (secondary N) is 1. The van der Waals surface area contributed by atoms with E-state index in [2.05, 4.69) is 5.32 Å². The van der Waals surface area contributed by atoms with E-state index in [1.165, 1.54) is 20.3 Å². The normalized spacial score (nSPS) is 16.3. The van der Waals surface area contributed by atoms with Crippen molar-refractivity contribution in [2.45, 2.75) is 64.3 Å². The molecule has 9 heteroatoms. The molecule has 1 aliphatic carbocycles. The van der Waals surface area contributed by atoms with Crippen LogP contribution in [-0.2, 0) is 27.1 Å². The van der Waals surface area contributed by atoms with Gasteiger partial charge in [-0.05, 0) is 93.5 Å². The van der Waals surface area contributed by atoms with E-state index in [1.807, 2.05) is 43.3 Å². The quantitative estimate of drug-likeness (QED) is 0.183. The summed E-state index contributed by atoms with van der Waals surface area (Å²) >= 11 is 0. The van der Waals surface area contributed by atoms with Gasteiger partial charge < -0.3 is 28.7 Å². The van der Waals surface area contributed by atoms with Crippen molar-refractivity contribution in [1.29, 1.82) is 0 Å². The van der Waals surface area contributed by atoms with Crippen LogP contribution in [0.2, 0.25) is 0 Å². The molecule has 0 radical (unpaired) electrons. The molecule has 4 rings (SSSR count). The van der Waals surface area contributed by atoms with Crippen LogP contribution in [0.4, 0.5) is 0 Å². The lowest BCUT2D eigenvalue weighted by molar-refractivity contribution is -0.146. The molecule has 0 saturated heterocycles. The summed E-state index contributed by atoms with van der Waals surface area (Å²) in [5, 5.41) is 3.02. The summed E-state index contributed by atoms with van der Waals surface area (Å²) < 4.78 is 27.2. The lowest BCUT2D eigenvalue weighted by atomic mass is 9.85. The van der Waals surface area contributed by atoms with E-state index in [4.69, 9.17) is 23.4 Å². The molecule has 0 bridgehead atoms. The minimum Gasteiger partial charge on any atom is -0.494 e. The van der Waals surface area contributed by atoms with Crippen LogP contribution in [0.5, 0.6) is 11.5 Å². The van der Waals surface area contributed by atoms with Gasteiger partial charge in [0.25, 0.3) is 5.91 Å². The number of benzene rings is 2. The fourth-order valence-corrected chi connectivity index (χ4v) is 5.31. The van der Waals surface area contributed by atoms with Crippen LogP contribution >= 0.6 is 0 Å². The zero-order valence-corrected chi connectivity index (χ0v) is 25.2. The Hall–Kier alpha value is -4.27. The van der Waals surface area contributed by atoms with Crippen molar-refractivity contribution in [2.75, 3.05) is 27.4 Å². The van der Waals surface area contributed by atoms with Crippen LogP contribution in [0.25, 0.3) is 0 Å². The Morgan fingerprint density at radius 3 is 2.37 bits per heavy atom. The number of esters is 2. The molecule has 1 saturated carbocycles. The first-order chi connectivity index (χ1) is 20.9. The average molecular weight is 592 g/mol. The number of furan rings is 1. The van der Waals surface area contributed by atoms with Gasteiger partial charge in [-0.1, -0.05) is 18.6 Å². The molecule has 2 unspecified atom stereocenters. The Morgan fingerprint density at radius 1 is 0.884 bits per heavy atom. The van der Waals surface area contributed by atoms with Gasteiger partial charge in [-0.15, -0.1) is 0 Å². The van der Waals surface area contributed by atoms with Gasteiger partial charge in [-0.25, -0.2) is 4.79 Å². The number of aryl methyl sites for hydroxylation is 3. The summed E-state index contributed by atoms with van der Waals surface area (Å²) in [5.74, 6) is 1.73. The van der Waals surface area contributed by atoms with Crippen LogP contribution in [0, 0.1) is 12.8 Å². The largest absolute Gasteiger partial charge is 0.494 e. The first kappa shape index (κ1) is 31.7. The fourth-order valence-electron chi connectivity index (χ4n) is 5.31. The molecule has 1 heterocycles. The maximum Gasteiger partial charge on any atom is 0.337 e. The first-order valence-electron chi connectivity index (χ1n) is 14.9. The Morgan fingerprint density at radius 2 is 1.65 bits per heavy atom. The molecule has 230 valence electrons. The van der Waals surface area contributed by atoms with E-state index >= 15 is 0 Å². The third-order valence-corrected chi connectivity index (χ3v) is 7.61. The summed E-state index contributed by atoms with van der Waals surface area (Å²) in [6.07, 6.45) is 6.07. The second-order valence-corrected chi connectivity index (χ2v) is 10.8. The van der Waals surface area contributed by atoms with Gasteiger partial charge in [-0.2, -0.15) is 0 Å². The van der Waals surface area contributed by atoms with Crippen molar-refractivity contribution in [3.8, 4) is 11.5 Å². The van der Waals surface area contributed by atoms with Crippen molar-refractivity contribution in [2.24, 2.45) is 5.92 Å². The Balaban J connectivity index is 1.27. The molecule has 2 aromatic carbocycles. The molecule has 1 aliphatic rings. The highest BCUT2D eigenvalue weighted by Crippen LogP contribution is 2.27. The standard InChI is InChI=1S/C34H41NO8/c1-23-11-15-29(43-23)10-6-19-41-28-16-12-24(13-17-28)7-5-20-42-31-18-14-26(34(38)40-3)22-30(31)32(36)35-27-9-4-8-25(21-27)33(37)39-2/h11-18,22,25,27H,4-10,19-21H2,1-3H3,(H,35,36). The third-order valence-electron chi connectivity index (χ3n) is 7.61. The molecule has 9 nitrogen and oxygen atoms in total. The van der Waals surface area contributed by atoms with E-state index in [0.717, 1.165) is 67.8 Å². The second kappa shape index (κ2) is 15.8. The highest BCUT2D eigenvalue weighted by molar-refractivity contribution is 6.00. The molecule has 1 amide bonds. The predicted octanol–water partition coefficient (Wildman–Crippen LogP) is 5.86. The van der Waals surface area contributed by atoms with Crippen LogP contribution in [-0.4, -0.2) is 51.3 Å². The molecule has 43 heavy (non-hydrogen) atoms. The van der Waals surface area contributed by atoms with Crippen molar-refractivity contribution in [1.82, 2.24) is 5.32 Å². The number of rotatable bonds is 14. The number of carbonyl (C=O) groups is 3. The first-order valence-corrected chi connectivity index (χ1v) is 14.9. The topological polar surface area (TPSA) is 113 Å². The molecule has 1 fully saturated rings. The van der Waals surface area contributed by atoms with Crippen LogP contribution in [0.15, 0.2) is 59.0 Å². The predicted molar refractivity (Wildman–Crippen MR) is 161 cm³/mol. The summed E-state index contributed by atoms with van der Waals surface area (Å²) in [4.78, 5) is 37.5. The lowest BCUT2D eigenvalue weighted by Crippen LogP contribution is -2.40. The third kappa shape index (κ3) is 9.36. The van der Waals surface area contributed by atoms with Gasteiger partial charge in [0, 0.05) is 12.5 Å². The Labute approximate surface area is 252 Å². The van der Waals surface area contributed by atoms with E-state index in [0.29, 0.717) is 25.4 Å². The molecule has 1 aromatic heterocycles. The van der Waals surface area contributed by atoms with E-state index < -0.39 is 5.97 Å². The zero-order valence-electron chi connectivity index (χ0n) is 25.2. The summed E-state index contributed by atoms with van der Waals surface area (Å²) in [6.45, 7) is 2.94. The average Bonchev–Trinajstić information content (AvgIpc) is 3.46. The molecule has 3 aromatic rings. The second-order valence-electron chi connectivity index (χ2n) is 10.8. The fraction of sp³-hybridized carbons (Fsp3) is 0.441.